The van der Waals surface area contributed by atoms with E-state index in [1.165, 1.54) is 19.9 Å². The number of nitrogens with one attached hydrogen (secondary N) is 1. The van der Waals surface area contributed by atoms with Crippen LogP contribution in [0.15, 0.2) is 36.7 Å². The highest BCUT2D eigenvalue weighted by atomic mass is 19.4. The standard InChI is InChI=1S/C27H32F3N5O4/c1-25(2,3)39-24(37)34-11-9-16(10-12-34)19-14-35-15-20(17(26(4,5)38)13-22(35)32-19)33-23(36)18-7-6-8-21(31-18)27(28,29)30/h6-8,13-16,38H,9-12H2,1-5H3,(H,33,36). The van der Waals surface area contributed by atoms with E-state index in [0.29, 0.717) is 37.1 Å². The SMILES string of the molecule is CC(C)(C)OC(=O)N1CCC(c2cn3cc(NC(=O)c4cccc(C(F)(F)F)n4)c(C(C)(C)O)cc3n2)CC1. The summed E-state index contributed by atoms with van der Waals surface area (Å²) in [5.74, 6) is -0.762. The van der Waals surface area contributed by atoms with Crippen LogP contribution >= 0.6 is 0 Å². The molecule has 0 aromatic carbocycles. The average Bonchev–Trinajstić information content (AvgIpc) is 3.24. The molecule has 0 aliphatic carbocycles. The summed E-state index contributed by atoms with van der Waals surface area (Å²) >= 11 is 0. The minimum absolute atomic E-state index is 0.0847. The van der Waals surface area contributed by atoms with E-state index in [2.05, 4.69) is 10.3 Å². The molecule has 0 bridgehead atoms. The molecule has 1 aliphatic heterocycles. The first-order valence-electron chi connectivity index (χ1n) is 12.6. The molecular weight excluding hydrogens is 515 g/mol. The van der Waals surface area contributed by atoms with Crippen LogP contribution < -0.4 is 5.32 Å². The number of hydrogen-bond donors (Lipinski definition) is 2. The minimum atomic E-state index is -4.69. The topological polar surface area (TPSA) is 109 Å². The van der Waals surface area contributed by atoms with E-state index in [1.54, 1.807) is 21.6 Å². The van der Waals surface area contributed by atoms with Crippen molar-refractivity contribution in [2.75, 3.05) is 18.4 Å². The van der Waals surface area contributed by atoms with Crippen molar-refractivity contribution in [1.82, 2.24) is 19.3 Å². The van der Waals surface area contributed by atoms with Gasteiger partial charge < -0.3 is 24.5 Å². The highest BCUT2D eigenvalue weighted by Crippen LogP contribution is 2.33. The van der Waals surface area contributed by atoms with E-state index < -0.39 is 34.7 Å². The molecule has 210 valence electrons. The molecule has 1 fully saturated rings. The van der Waals surface area contributed by atoms with Gasteiger partial charge >= 0.3 is 12.3 Å². The summed E-state index contributed by atoms with van der Waals surface area (Å²) in [6.07, 6.45) is -0.278. The van der Waals surface area contributed by atoms with Gasteiger partial charge in [0.2, 0.25) is 0 Å². The maximum absolute atomic E-state index is 13.1. The summed E-state index contributed by atoms with van der Waals surface area (Å²) in [6.45, 7) is 9.58. The molecule has 3 aromatic heterocycles. The number of amides is 2. The Balaban J connectivity index is 1.57. The number of fused-ring (bicyclic) bond motifs is 1. The Bertz CT molecular complexity index is 1380. The molecule has 0 saturated carbocycles. The Kier molecular flexibility index (Phi) is 7.37. The fourth-order valence-electron chi connectivity index (χ4n) is 4.45. The van der Waals surface area contributed by atoms with Gasteiger partial charge in [-0.3, -0.25) is 4.79 Å². The molecular formula is C27H32F3N5O4. The van der Waals surface area contributed by atoms with E-state index in [0.717, 1.165) is 17.8 Å². The number of likely N-dealkylation sites (tertiary alicyclic amines) is 1. The van der Waals surface area contributed by atoms with E-state index in [9.17, 15) is 27.9 Å². The van der Waals surface area contributed by atoms with Crippen LogP contribution in [0.4, 0.5) is 23.7 Å². The molecule has 1 saturated heterocycles. The van der Waals surface area contributed by atoms with Gasteiger partial charge in [0.25, 0.3) is 5.91 Å². The van der Waals surface area contributed by atoms with Crippen LogP contribution in [0.3, 0.4) is 0 Å². The van der Waals surface area contributed by atoms with Crippen molar-refractivity contribution in [1.29, 1.82) is 0 Å². The maximum Gasteiger partial charge on any atom is 0.433 e. The quantitative estimate of drug-likeness (QED) is 0.456. The summed E-state index contributed by atoms with van der Waals surface area (Å²) in [6, 6.07) is 4.72. The molecule has 2 N–H and O–H groups in total. The predicted molar refractivity (Wildman–Crippen MR) is 137 cm³/mol. The van der Waals surface area contributed by atoms with Gasteiger partial charge in [0.05, 0.1) is 17.0 Å². The highest BCUT2D eigenvalue weighted by Gasteiger charge is 2.33. The van der Waals surface area contributed by atoms with Gasteiger partial charge in [-0.2, -0.15) is 13.2 Å². The van der Waals surface area contributed by atoms with Crippen molar-refractivity contribution < 1.29 is 32.6 Å². The first-order valence-corrected chi connectivity index (χ1v) is 12.6. The number of ether oxygens (including phenoxy) is 1. The Morgan fingerprint density at radius 1 is 1.05 bits per heavy atom. The van der Waals surface area contributed by atoms with Crippen LogP contribution in [-0.2, 0) is 16.5 Å². The minimum Gasteiger partial charge on any atom is -0.444 e. The van der Waals surface area contributed by atoms with Gasteiger partial charge in [0.15, 0.2) is 0 Å². The van der Waals surface area contributed by atoms with Crippen LogP contribution in [0.25, 0.3) is 5.65 Å². The number of anilines is 1. The normalized spacial score (nSPS) is 15.5. The van der Waals surface area contributed by atoms with Crippen LogP contribution in [0, 0.1) is 0 Å². The lowest BCUT2D eigenvalue weighted by Crippen LogP contribution is -2.41. The van der Waals surface area contributed by atoms with Gasteiger partial charge in [-0.1, -0.05) is 6.07 Å². The van der Waals surface area contributed by atoms with Crippen molar-refractivity contribution in [3.05, 3.63) is 59.3 Å². The van der Waals surface area contributed by atoms with Crippen LogP contribution in [0.2, 0.25) is 0 Å². The number of aromatic nitrogens is 3. The number of nitrogens with zero attached hydrogens (tertiary/aromatic N) is 4. The Morgan fingerprint density at radius 2 is 1.72 bits per heavy atom. The molecule has 4 rings (SSSR count). The number of aliphatic hydroxyl groups is 1. The number of carbonyl (C=O) groups is 2. The van der Waals surface area contributed by atoms with E-state index in [4.69, 9.17) is 9.72 Å². The molecule has 4 heterocycles. The molecule has 0 radical (unpaired) electrons. The predicted octanol–water partition coefficient (Wildman–Crippen LogP) is 5.34. The van der Waals surface area contributed by atoms with Crippen molar-refractivity contribution in [3.8, 4) is 0 Å². The molecule has 2 amide bonds. The molecule has 0 unspecified atom stereocenters. The van der Waals surface area contributed by atoms with Gasteiger partial charge in [-0.15, -0.1) is 0 Å². The largest absolute Gasteiger partial charge is 0.444 e. The molecule has 9 nitrogen and oxygen atoms in total. The average molecular weight is 548 g/mol. The van der Waals surface area contributed by atoms with Gasteiger partial charge in [-0.25, -0.2) is 14.8 Å². The number of carbonyl (C=O) groups excluding carboxylic acids is 2. The second kappa shape index (κ2) is 10.1. The number of piperidine rings is 1. The molecule has 12 heteroatoms. The Morgan fingerprint density at radius 3 is 2.31 bits per heavy atom. The zero-order chi connectivity index (χ0) is 28.8. The van der Waals surface area contributed by atoms with Crippen molar-refractivity contribution in [2.24, 2.45) is 0 Å². The zero-order valence-electron chi connectivity index (χ0n) is 22.5. The number of alkyl halides is 3. The van der Waals surface area contributed by atoms with Gasteiger partial charge in [-0.05, 0) is 65.7 Å². The maximum atomic E-state index is 13.1. The van der Waals surface area contributed by atoms with Crippen molar-refractivity contribution in [3.63, 3.8) is 0 Å². The number of rotatable bonds is 4. The van der Waals surface area contributed by atoms with Gasteiger partial charge in [0, 0.05) is 37.0 Å². The summed E-state index contributed by atoms with van der Waals surface area (Å²) < 4.78 is 46.4. The van der Waals surface area contributed by atoms with E-state index >= 15 is 0 Å². The van der Waals surface area contributed by atoms with Crippen molar-refractivity contribution in [2.45, 2.75) is 70.8 Å². The molecule has 0 spiro atoms. The monoisotopic (exact) mass is 547 g/mol. The fraction of sp³-hybridized carbons (Fsp3) is 0.481. The lowest BCUT2D eigenvalue weighted by Gasteiger charge is -2.32. The third kappa shape index (κ3) is 6.67. The van der Waals surface area contributed by atoms with Crippen LogP contribution in [0.1, 0.15) is 80.8 Å². The smallest absolute Gasteiger partial charge is 0.433 e. The van der Waals surface area contributed by atoms with Crippen LogP contribution in [0.5, 0.6) is 0 Å². The first-order chi connectivity index (χ1) is 18.0. The lowest BCUT2D eigenvalue weighted by molar-refractivity contribution is -0.141. The second-order valence-corrected chi connectivity index (χ2v) is 11.2. The summed E-state index contributed by atoms with van der Waals surface area (Å²) in [7, 11) is 0. The molecule has 1 aliphatic rings. The van der Waals surface area contributed by atoms with E-state index in [1.807, 2.05) is 27.0 Å². The Labute approximate surface area is 224 Å². The molecule has 0 atom stereocenters. The number of hydrogen-bond acceptors (Lipinski definition) is 6. The van der Waals surface area contributed by atoms with Crippen LogP contribution in [-0.4, -0.2) is 55.1 Å². The zero-order valence-corrected chi connectivity index (χ0v) is 22.5. The molecule has 3 aromatic rings. The second-order valence-electron chi connectivity index (χ2n) is 11.2. The van der Waals surface area contributed by atoms with E-state index in [-0.39, 0.29) is 17.7 Å². The Hall–Kier alpha value is -3.67. The number of pyridine rings is 2. The summed E-state index contributed by atoms with van der Waals surface area (Å²) in [5, 5.41) is 13.4. The number of halogens is 3. The lowest BCUT2D eigenvalue weighted by atomic mass is 9.94. The summed E-state index contributed by atoms with van der Waals surface area (Å²) in [4.78, 5) is 35.1. The highest BCUT2D eigenvalue weighted by molar-refractivity contribution is 6.03. The number of imidazole rings is 1. The third-order valence-corrected chi connectivity index (χ3v) is 6.36. The van der Waals surface area contributed by atoms with Gasteiger partial charge in [0.1, 0.15) is 22.6 Å². The summed E-state index contributed by atoms with van der Waals surface area (Å²) in [5.41, 5.74) is -1.67. The first kappa shape index (κ1) is 28.3. The third-order valence-electron chi connectivity index (χ3n) is 6.36. The van der Waals surface area contributed by atoms with Crippen molar-refractivity contribution >= 4 is 23.3 Å². The molecule has 39 heavy (non-hydrogen) atoms. The fourth-order valence-corrected chi connectivity index (χ4v) is 4.45.